The Bertz CT molecular complexity index is 200. The summed E-state index contributed by atoms with van der Waals surface area (Å²) in [6.07, 6.45) is 7.74. The Morgan fingerprint density at radius 2 is 1.92 bits per heavy atom. The molecule has 3 unspecified atom stereocenters. The van der Waals surface area contributed by atoms with Crippen molar-refractivity contribution < 1.29 is 9.53 Å². The van der Waals surface area contributed by atoms with Gasteiger partial charge in [0.25, 0.3) is 0 Å². The lowest BCUT2D eigenvalue weighted by Gasteiger charge is -2.18. The Balaban J connectivity index is 1.79. The van der Waals surface area contributed by atoms with Crippen molar-refractivity contribution in [2.45, 2.75) is 51.6 Å². The van der Waals surface area contributed by atoms with E-state index in [-0.39, 0.29) is 12.1 Å². The van der Waals surface area contributed by atoms with E-state index in [9.17, 15) is 4.79 Å². The standard InChI is InChI=1S/C11H18O2/c1-8(12)13-11-4-2-3-9-7-10(9)5-6-11/h9-11H,2-7H2,1H3. The normalized spacial score (nSPS) is 38.4. The summed E-state index contributed by atoms with van der Waals surface area (Å²) in [5, 5.41) is 0. The van der Waals surface area contributed by atoms with Crippen LogP contribution in [0.1, 0.15) is 45.4 Å². The van der Waals surface area contributed by atoms with E-state index in [0.29, 0.717) is 0 Å². The fraction of sp³-hybridized carbons (Fsp3) is 0.909. The molecular formula is C11H18O2. The van der Waals surface area contributed by atoms with Crippen molar-refractivity contribution >= 4 is 5.97 Å². The molecule has 2 heteroatoms. The lowest BCUT2D eigenvalue weighted by atomic mass is 9.99. The molecule has 2 saturated carbocycles. The second kappa shape index (κ2) is 3.69. The number of hydrogen-bond acceptors (Lipinski definition) is 2. The second-order valence-corrected chi connectivity index (χ2v) is 4.50. The highest BCUT2D eigenvalue weighted by Gasteiger charge is 2.37. The summed E-state index contributed by atoms with van der Waals surface area (Å²) >= 11 is 0. The molecule has 2 fully saturated rings. The SMILES string of the molecule is CC(=O)OC1CCCC2CC2CC1. The maximum absolute atomic E-state index is 10.8. The second-order valence-electron chi connectivity index (χ2n) is 4.50. The van der Waals surface area contributed by atoms with Gasteiger partial charge in [0, 0.05) is 6.92 Å². The summed E-state index contributed by atoms with van der Waals surface area (Å²) in [7, 11) is 0. The Kier molecular flexibility index (Phi) is 2.56. The van der Waals surface area contributed by atoms with Crippen LogP contribution >= 0.6 is 0 Å². The molecule has 0 aromatic carbocycles. The van der Waals surface area contributed by atoms with Crippen LogP contribution in [0.3, 0.4) is 0 Å². The van der Waals surface area contributed by atoms with Crippen LogP contribution in [-0.2, 0) is 9.53 Å². The average molecular weight is 182 g/mol. The first-order valence-corrected chi connectivity index (χ1v) is 5.43. The van der Waals surface area contributed by atoms with E-state index in [1.165, 1.54) is 32.6 Å². The number of fused-ring (bicyclic) bond motifs is 1. The fourth-order valence-corrected chi connectivity index (χ4v) is 2.52. The molecule has 0 N–H and O–H groups in total. The smallest absolute Gasteiger partial charge is 0.302 e. The van der Waals surface area contributed by atoms with Crippen LogP contribution in [-0.4, -0.2) is 12.1 Å². The van der Waals surface area contributed by atoms with Gasteiger partial charge in [-0.3, -0.25) is 4.79 Å². The van der Waals surface area contributed by atoms with Crippen molar-refractivity contribution in [2.75, 3.05) is 0 Å². The summed E-state index contributed by atoms with van der Waals surface area (Å²) in [5.41, 5.74) is 0. The van der Waals surface area contributed by atoms with E-state index in [2.05, 4.69) is 0 Å². The first-order valence-electron chi connectivity index (χ1n) is 5.43. The van der Waals surface area contributed by atoms with Crippen molar-refractivity contribution in [1.82, 2.24) is 0 Å². The third kappa shape index (κ3) is 2.45. The zero-order valence-electron chi connectivity index (χ0n) is 8.29. The molecule has 3 atom stereocenters. The van der Waals surface area contributed by atoms with Gasteiger partial charge < -0.3 is 4.74 Å². The van der Waals surface area contributed by atoms with Gasteiger partial charge in [-0.05, 0) is 43.9 Å². The van der Waals surface area contributed by atoms with Gasteiger partial charge in [0.1, 0.15) is 6.10 Å². The Labute approximate surface area is 79.7 Å². The third-order valence-electron chi connectivity index (χ3n) is 3.36. The van der Waals surface area contributed by atoms with Gasteiger partial charge >= 0.3 is 5.97 Å². The van der Waals surface area contributed by atoms with Gasteiger partial charge in [-0.15, -0.1) is 0 Å². The largest absolute Gasteiger partial charge is 0.463 e. The number of ether oxygens (including phenoxy) is 1. The van der Waals surface area contributed by atoms with E-state index in [1.807, 2.05) is 0 Å². The van der Waals surface area contributed by atoms with Crippen LogP contribution in [0.2, 0.25) is 0 Å². The zero-order chi connectivity index (χ0) is 9.26. The number of carbonyl (C=O) groups is 1. The quantitative estimate of drug-likeness (QED) is 0.582. The lowest BCUT2D eigenvalue weighted by molar-refractivity contribution is -0.147. The van der Waals surface area contributed by atoms with Gasteiger partial charge in [-0.1, -0.05) is 6.42 Å². The highest BCUT2D eigenvalue weighted by atomic mass is 16.5. The van der Waals surface area contributed by atoms with Crippen LogP contribution in [0.25, 0.3) is 0 Å². The number of hydrogen-bond donors (Lipinski definition) is 0. The molecule has 0 radical (unpaired) electrons. The van der Waals surface area contributed by atoms with E-state index in [4.69, 9.17) is 4.74 Å². The van der Waals surface area contributed by atoms with Crippen molar-refractivity contribution in [2.24, 2.45) is 11.8 Å². The molecule has 0 aromatic rings. The Morgan fingerprint density at radius 1 is 1.15 bits per heavy atom. The molecule has 0 saturated heterocycles. The Hall–Kier alpha value is -0.530. The van der Waals surface area contributed by atoms with Gasteiger partial charge in [0.2, 0.25) is 0 Å². The molecule has 0 aliphatic heterocycles. The molecule has 74 valence electrons. The van der Waals surface area contributed by atoms with Crippen molar-refractivity contribution in [3.8, 4) is 0 Å². The predicted molar refractivity (Wildman–Crippen MR) is 50.2 cm³/mol. The molecular weight excluding hydrogens is 164 g/mol. The molecule has 2 aliphatic carbocycles. The molecule has 2 aliphatic rings. The first-order chi connectivity index (χ1) is 6.25. The van der Waals surface area contributed by atoms with Crippen molar-refractivity contribution in [3.05, 3.63) is 0 Å². The van der Waals surface area contributed by atoms with Crippen molar-refractivity contribution in [3.63, 3.8) is 0 Å². The number of esters is 1. The summed E-state index contributed by atoms with van der Waals surface area (Å²) in [6, 6.07) is 0. The highest BCUT2D eigenvalue weighted by Crippen LogP contribution is 2.47. The topological polar surface area (TPSA) is 26.3 Å². The van der Waals surface area contributed by atoms with E-state index < -0.39 is 0 Å². The minimum atomic E-state index is -0.113. The summed E-state index contributed by atoms with van der Waals surface area (Å²) < 4.78 is 5.25. The van der Waals surface area contributed by atoms with Gasteiger partial charge in [-0.25, -0.2) is 0 Å². The minimum Gasteiger partial charge on any atom is -0.463 e. The molecule has 0 spiro atoms. The van der Waals surface area contributed by atoms with Crippen LogP contribution < -0.4 is 0 Å². The summed E-state index contributed by atoms with van der Waals surface area (Å²) in [4.78, 5) is 10.8. The number of rotatable bonds is 1. The molecule has 0 heterocycles. The van der Waals surface area contributed by atoms with E-state index in [0.717, 1.165) is 24.7 Å². The molecule has 0 amide bonds. The monoisotopic (exact) mass is 182 g/mol. The summed E-state index contributed by atoms with van der Waals surface area (Å²) in [5.74, 6) is 1.88. The highest BCUT2D eigenvalue weighted by molar-refractivity contribution is 5.66. The van der Waals surface area contributed by atoms with Crippen LogP contribution in [0, 0.1) is 11.8 Å². The van der Waals surface area contributed by atoms with Crippen LogP contribution in [0.4, 0.5) is 0 Å². The molecule has 2 nitrogen and oxygen atoms in total. The first kappa shape index (κ1) is 9.04. The molecule has 2 rings (SSSR count). The fourth-order valence-electron chi connectivity index (χ4n) is 2.52. The average Bonchev–Trinajstić information content (AvgIpc) is 2.73. The Morgan fingerprint density at radius 3 is 2.69 bits per heavy atom. The maximum Gasteiger partial charge on any atom is 0.302 e. The van der Waals surface area contributed by atoms with Crippen LogP contribution in [0.15, 0.2) is 0 Å². The van der Waals surface area contributed by atoms with Crippen molar-refractivity contribution in [1.29, 1.82) is 0 Å². The zero-order valence-corrected chi connectivity index (χ0v) is 8.29. The maximum atomic E-state index is 10.8. The predicted octanol–water partition coefficient (Wildman–Crippen LogP) is 2.52. The summed E-state index contributed by atoms with van der Waals surface area (Å²) in [6.45, 7) is 1.51. The van der Waals surface area contributed by atoms with E-state index in [1.54, 1.807) is 0 Å². The molecule has 0 bridgehead atoms. The van der Waals surface area contributed by atoms with Gasteiger partial charge in [0.15, 0.2) is 0 Å². The minimum absolute atomic E-state index is 0.113. The molecule has 13 heavy (non-hydrogen) atoms. The lowest BCUT2D eigenvalue weighted by Crippen LogP contribution is -2.17. The van der Waals surface area contributed by atoms with Crippen LogP contribution in [0.5, 0.6) is 0 Å². The third-order valence-corrected chi connectivity index (χ3v) is 3.36. The molecule has 0 aromatic heterocycles. The van der Waals surface area contributed by atoms with Gasteiger partial charge in [-0.2, -0.15) is 0 Å². The van der Waals surface area contributed by atoms with E-state index >= 15 is 0 Å². The van der Waals surface area contributed by atoms with Gasteiger partial charge in [0.05, 0.1) is 0 Å². The number of carbonyl (C=O) groups excluding carboxylic acids is 1.